The fourth-order valence-electron chi connectivity index (χ4n) is 0.989. The molecule has 0 aromatic heterocycles. The first-order chi connectivity index (χ1) is 6.63. The Morgan fingerprint density at radius 2 is 2.29 bits per heavy atom. The van der Waals surface area contributed by atoms with E-state index in [1.165, 1.54) is 25.3 Å². The molecule has 0 aliphatic rings. The molecular weight excluding hydrogens is 182 g/mol. The van der Waals surface area contributed by atoms with Gasteiger partial charge in [0.05, 0.1) is 7.11 Å². The summed E-state index contributed by atoms with van der Waals surface area (Å²) in [5.41, 5.74) is 5.60. The molecule has 0 atom stereocenters. The van der Waals surface area contributed by atoms with E-state index in [-0.39, 0.29) is 5.75 Å². The van der Waals surface area contributed by atoms with Crippen molar-refractivity contribution in [3.63, 3.8) is 0 Å². The standard InChI is InChI=1S/C10H11NO3/c1-14-9-4-2-7(6-8(9)12)3-5-10(11)13/h2-6,12H,1H3,(H2,11,13). The zero-order valence-corrected chi connectivity index (χ0v) is 7.73. The molecule has 74 valence electrons. The normalized spacial score (nSPS) is 10.4. The molecular formula is C10H11NO3. The molecule has 1 rings (SSSR count). The van der Waals surface area contributed by atoms with E-state index in [1.807, 2.05) is 0 Å². The van der Waals surface area contributed by atoms with Crippen LogP contribution in [0.2, 0.25) is 0 Å². The van der Waals surface area contributed by atoms with Crippen LogP contribution >= 0.6 is 0 Å². The Kier molecular flexibility index (Phi) is 3.12. The highest BCUT2D eigenvalue weighted by Gasteiger charge is 1.99. The van der Waals surface area contributed by atoms with Crippen LogP contribution in [0.3, 0.4) is 0 Å². The van der Waals surface area contributed by atoms with E-state index in [4.69, 9.17) is 10.5 Å². The van der Waals surface area contributed by atoms with E-state index in [0.29, 0.717) is 11.3 Å². The third-order valence-electron chi connectivity index (χ3n) is 1.64. The molecule has 14 heavy (non-hydrogen) atoms. The number of carbonyl (C=O) groups is 1. The molecule has 0 saturated carbocycles. The fourth-order valence-corrected chi connectivity index (χ4v) is 0.989. The lowest BCUT2D eigenvalue weighted by atomic mass is 10.2. The monoisotopic (exact) mass is 193 g/mol. The van der Waals surface area contributed by atoms with Crippen molar-refractivity contribution in [3.8, 4) is 11.5 Å². The van der Waals surface area contributed by atoms with E-state index in [2.05, 4.69) is 0 Å². The molecule has 4 nitrogen and oxygen atoms in total. The molecule has 1 aromatic carbocycles. The highest BCUT2D eigenvalue weighted by atomic mass is 16.5. The fraction of sp³-hybridized carbons (Fsp3) is 0.100. The summed E-state index contributed by atoms with van der Waals surface area (Å²) < 4.78 is 4.86. The summed E-state index contributed by atoms with van der Waals surface area (Å²) >= 11 is 0. The molecule has 0 fully saturated rings. The summed E-state index contributed by atoms with van der Waals surface area (Å²) in [4.78, 5) is 10.4. The molecule has 3 N–H and O–H groups in total. The molecule has 0 heterocycles. The van der Waals surface area contributed by atoms with E-state index < -0.39 is 5.91 Å². The number of ether oxygens (including phenoxy) is 1. The second-order valence-corrected chi connectivity index (χ2v) is 2.67. The van der Waals surface area contributed by atoms with Gasteiger partial charge < -0.3 is 15.6 Å². The zero-order chi connectivity index (χ0) is 10.6. The van der Waals surface area contributed by atoms with Gasteiger partial charge in [-0.15, -0.1) is 0 Å². The number of amides is 1. The second-order valence-electron chi connectivity index (χ2n) is 2.67. The number of carbonyl (C=O) groups excluding carboxylic acids is 1. The summed E-state index contributed by atoms with van der Waals surface area (Å²) in [6.07, 6.45) is 2.74. The van der Waals surface area contributed by atoms with Crippen LogP contribution in [0.15, 0.2) is 24.3 Å². The van der Waals surface area contributed by atoms with Gasteiger partial charge in [0, 0.05) is 6.08 Å². The van der Waals surface area contributed by atoms with Crippen molar-refractivity contribution >= 4 is 12.0 Å². The average Bonchev–Trinajstić information content (AvgIpc) is 2.15. The molecule has 1 amide bonds. The molecule has 0 radical (unpaired) electrons. The van der Waals surface area contributed by atoms with Crippen LogP contribution in [-0.4, -0.2) is 18.1 Å². The maximum atomic E-state index is 10.4. The number of hydrogen-bond donors (Lipinski definition) is 2. The lowest BCUT2D eigenvalue weighted by molar-refractivity contribution is -0.113. The Bertz CT molecular complexity index is 372. The number of phenolic OH excluding ortho intramolecular Hbond substituents is 1. The SMILES string of the molecule is COc1ccc(C=CC(N)=O)cc1O. The van der Waals surface area contributed by atoms with Gasteiger partial charge in [0.25, 0.3) is 0 Å². The Morgan fingerprint density at radius 1 is 1.57 bits per heavy atom. The molecule has 0 unspecified atom stereocenters. The molecule has 1 aromatic rings. The van der Waals surface area contributed by atoms with Crippen LogP contribution in [-0.2, 0) is 4.79 Å². The average molecular weight is 193 g/mol. The Morgan fingerprint density at radius 3 is 2.79 bits per heavy atom. The summed E-state index contributed by atoms with van der Waals surface area (Å²) in [6, 6.07) is 4.80. The minimum absolute atomic E-state index is 0.0270. The van der Waals surface area contributed by atoms with Crippen LogP contribution in [0.25, 0.3) is 6.08 Å². The summed E-state index contributed by atoms with van der Waals surface area (Å²) in [7, 11) is 1.47. The predicted octanol–water partition coefficient (Wildman–Crippen LogP) is 0.899. The minimum atomic E-state index is -0.527. The summed E-state index contributed by atoms with van der Waals surface area (Å²) in [5, 5.41) is 9.38. The second kappa shape index (κ2) is 4.32. The predicted molar refractivity (Wildman–Crippen MR) is 52.9 cm³/mol. The Labute approximate surface area is 81.6 Å². The van der Waals surface area contributed by atoms with Gasteiger partial charge in [0.2, 0.25) is 5.91 Å². The van der Waals surface area contributed by atoms with E-state index in [9.17, 15) is 9.90 Å². The van der Waals surface area contributed by atoms with Crippen LogP contribution in [0, 0.1) is 0 Å². The smallest absolute Gasteiger partial charge is 0.241 e. The lowest BCUT2D eigenvalue weighted by Crippen LogP contribution is -2.05. The Hall–Kier alpha value is -1.97. The van der Waals surface area contributed by atoms with Crippen molar-refractivity contribution < 1.29 is 14.6 Å². The van der Waals surface area contributed by atoms with Crippen molar-refractivity contribution in [3.05, 3.63) is 29.8 Å². The first-order valence-electron chi connectivity index (χ1n) is 3.98. The maximum Gasteiger partial charge on any atom is 0.241 e. The number of nitrogens with two attached hydrogens (primary N) is 1. The van der Waals surface area contributed by atoms with Gasteiger partial charge in [-0.25, -0.2) is 0 Å². The van der Waals surface area contributed by atoms with E-state index >= 15 is 0 Å². The molecule has 0 spiro atoms. The van der Waals surface area contributed by atoms with Gasteiger partial charge in [0.15, 0.2) is 11.5 Å². The van der Waals surface area contributed by atoms with Crippen LogP contribution in [0.4, 0.5) is 0 Å². The van der Waals surface area contributed by atoms with Gasteiger partial charge >= 0.3 is 0 Å². The van der Waals surface area contributed by atoms with Crippen molar-refractivity contribution in [2.45, 2.75) is 0 Å². The summed E-state index contributed by atoms with van der Waals surface area (Å²) in [5.74, 6) is -0.111. The van der Waals surface area contributed by atoms with Crippen LogP contribution in [0.5, 0.6) is 11.5 Å². The highest BCUT2D eigenvalue weighted by Crippen LogP contribution is 2.26. The van der Waals surface area contributed by atoms with E-state index in [0.717, 1.165) is 0 Å². The molecule has 0 bridgehead atoms. The van der Waals surface area contributed by atoms with Gasteiger partial charge in [-0.1, -0.05) is 6.07 Å². The first kappa shape index (κ1) is 10.1. The number of phenols is 1. The topological polar surface area (TPSA) is 72.5 Å². The van der Waals surface area contributed by atoms with Crippen molar-refractivity contribution in [1.82, 2.24) is 0 Å². The molecule has 0 saturated heterocycles. The lowest BCUT2D eigenvalue weighted by Gasteiger charge is -2.02. The van der Waals surface area contributed by atoms with Crippen molar-refractivity contribution in [2.75, 3.05) is 7.11 Å². The third kappa shape index (κ3) is 2.52. The summed E-state index contributed by atoms with van der Waals surface area (Å²) in [6.45, 7) is 0. The minimum Gasteiger partial charge on any atom is -0.504 e. The van der Waals surface area contributed by atoms with Gasteiger partial charge in [-0.05, 0) is 23.8 Å². The number of hydrogen-bond acceptors (Lipinski definition) is 3. The van der Waals surface area contributed by atoms with Crippen LogP contribution < -0.4 is 10.5 Å². The van der Waals surface area contributed by atoms with Gasteiger partial charge in [-0.3, -0.25) is 4.79 Å². The number of rotatable bonds is 3. The van der Waals surface area contributed by atoms with Crippen LogP contribution in [0.1, 0.15) is 5.56 Å². The number of aromatic hydroxyl groups is 1. The maximum absolute atomic E-state index is 10.4. The Balaban J connectivity index is 2.91. The van der Waals surface area contributed by atoms with Crippen molar-refractivity contribution in [2.24, 2.45) is 5.73 Å². The number of primary amides is 1. The number of benzene rings is 1. The van der Waals surface area contributed by atoms with Gasteiger partial charge in [-0.2, -0.15) is 0 Å². The molecule has 0 aliphatic heterocycles. The zero-order valence-electron chi connectivity index (χ0n) is 7.73. The first-order valence-corrected chi connectivity index (χ1v) is 3.98. The highest BCUT2D eigenvalue weighted by molar-refractivity contribution is 5.90. The third-order valence-corrected chi connectivity index (χ3v) is 1.64. The largest absolute Gasteiger partial charge is 0.504 e. The number of methoxy groups -OCH3 is 1. The van der Waals surface area contributed by atoms with Gasteiger partial charge in [0.1, 0.15) is 0 Å². The molecule has 4 heteroatoms. The molecule has 0 aliphatic carbocycles. The quantitative estimate of drug-likeness (QED) is 0.700. The van der Waals surface area contributed by atoms with E-state index in [1.54, 1.807) is 12.1 Å². The van der Waals surface area contributed by atoms with Crippen molar-refractivity contribution in [1.29, 1.82) is 0 Å².